The van der Waals surface area contributed by atoms with Crippen molar-refractivity contribution < 1.29 is 9.47 Å². The summed E-state index contributed by atoms with van der Waals surface area (Å²) in [5.41, 5.74) is 7.85. The van der Waals surface area contributed by atoms with Crippen molar-refractivity contribution in [1.82, 2.24) is 0 Å². The van der Waals surface area contributed by atoms with Crippen LogP contribution in [0.25, 0.3) is 5.70 Å². The van der Waals surface area contributed by atoms with Crippen molar-refractivity contribution >= 4 is 5.70 Å². The van der Waals surface area contributed by atoms with E-state index >= 15 is 0 Å². The molecule has 0 saturated carbocycles. The molecule has 0 amide bonds. The number of rotatable bonds is 5. The topological polar surface area (TPSA) is 68.3 Å². The summed E-state index contributed by atoms with van der Waals surface area (Å²) in [6.07, 6.45) is 1.55. The number of hydrogen-bond acceptors (Lipinski definition) is 4. The summed E-state index contributed by atoms with van der Waals surface area (Å²) in [4.78, 5) is 0. The Hall–Kier alpha value is -2.15. The molecule has 0 saturated heterocycles. The molecular formula is C14H18N2O2. The number of ether oxygens (including phenoxy) is 2. The number of allylic oxidation sites excluding steroid dienone is 1. The first-order valence-electron chi connectivity index (χ1n) is 5.78. The largest absolute Gasteiger partial charge is 0.497 e. The van der Waals surface area contributed by atoms with Gasteiger partial charge in [0, 0.05) is 11.6 Å². The number of nitriles is 1. The molecule has 0 bridgehead atoms. The maximum absolute atomic E-state index is 9.09. The molecule has 4 nitrogen and oxygen atoms in total. The molecule has 2 N–H and O–H groups in total. The van der Waals surface area contributed by atoms with E-state index in [1.54, 1.807) is 32.4 Å². The van der Waals surface area contributed by atoms with Gasteiger partial charge in [0.1, 0.15) is 11.5 Å². The third kappa shape index (κ3) is 3.17. The van der Waals surface area contributed by atoms with Crippen LogP contribution in [0, 0.1) is 11.3 Å². The maximum Gasteiger partial charge on any atom is 0.123 e. The van der Waals surface area contributed by atoms with Gasteiger partial charge in [-0.25, -0.2) is 0 Å². The monoisotopic (exact) mass is 246 g/mol. The Morgan fingerprint density at radius 3 is 2.17 bits per heavy atom. The first-order valence-corrected chi connectivity index (χ1v) is 5.78. The lowest BCUT2D eigenvalue weighted by molar-refractivity contribution is 0.394. The molecule has 1 aromatic rings. The molecule has 0 fully saturated rings. The van der Waals surface area contributed by atoms with Crippen molar-refractivity contribution in [3.8, 4) is 17.6 Å². The van der Waals surface area contributed by atoms with Gasteiger partial charge >= 0.3 is 0 Å². The molecule has 96 valence electrons. The summed E-state index contributed by atoms with van der Waals surface area (Å²) in [6, 6.07) is 7.51. The van der Waals surface area contributed by atoms with Crippen LogP contribution in [0.1, 0.15) is 25.3 Å². The maximum atomic E-state index is 9.09. The lowest BCUT2D eigenvalue weighted by Crippen LogP contribution is -2.02. The van der Waals surface area contributed by atoms with Crippen LogP contribution in [0.2, 0.25) is 0 Å². The van der Waals surface area contributed by atoms with Gasteiger partial charge in [0.05, 0.1) is 31.6 Å². The molecule has 0 aliphatic rings. The molecule has 1 rings (SSSR count). The molecule has 0 unspecified atom stereocenters. The van der Waals surface area contributed by atoms with E-state index in [9.17, 15) is 0 Å². The van der Waals surface area contributed by atoms with Crippen molar-refractivity contribution in [1.29, 1.82) is 5.26 Å². The molecular weight excluding hydrogens is 228 g/mol. The second kappa shape index (κ2) is 6.55. The number of hydrogen-bond donors (Lipinski definition) is 1. The van der Waals surface area contributed by atoms with Crippen LogP contribution in [0.3, 0.4) is 0 Å². The molecule has 1 aromatic carbocycles. The summed E-state index contributed by atoms with van der Waals surface area (Å²) >= 11 is 0. The summed E-state index contributed by atoms with van der Waals surface area (Å²) in [5, 5.41) is 9.09. The third-order valence-electron chi connectivity index (χ3n) is 2.62. The first-order chi connectivity index (χ1) is 8.65. The van der Waals surface area contributed by atoms with E-state index in [2.05, 4.69) is 6.07 Å². The molecule has 18 heavy (non-hydrogen) atoms. The zero-order chi connectivity index (χ0) is 13.5. The highest BCUT2D eigenvalue weighted by Gasteiger charge is 2.08. The number of nitrogens with zero attached hydrogens (tertiary/aromatic N) is 1. The van der Waals surface area contributed by atoms with Gasteiger partial charge in [-0.2, -0.15) is 5.26 Å². The number of nitrogens with two attached hydrogens (primary N) is 1. The van der Waals surface area contributed by atoms with Gasteiger partial charge in [0.2, 0.25) is 0 Å². The van der Waals surface area contributed by atoms with Gasteiger partial charge in [-0.15, -0.1) is 0 Å². The van der Waals surface area contributed by atoms with E-state index in [-0.39, 0.29) is 0 Å². The van der Waals surface area contributed by atoms with Gasteiger partial charge in [-0.05, 0) is 18.6 Å². The average Bonchev–Trinajstić information content (AvgIpc) is 2.43. The Balaban J connectivity index is 3.27. The van der Waals surface area contributed by atoms with E-state index in [1.807, 2.05) is 6.92 Å². The zero-order valence-corrected chi connectivity index (χ0v) is 11.0. The Kier molecular flexibility index (Phi) is 5.06. The van der Waals surface area contributed by atoms with Crippen molar-refractivity contribution in [3.63, 3.8) is 0 Å². The molecule has 0 aromatic heterocycles. The number of methoxy groups -OCH3 is 2. The average molecular weight is 246 g/mol. The minimum absolute atomic E-state index is 0.483. The minimum Gasteiger partial charge on any atom is -0.497 e. The Bertz CT molecular complexity index is 465. The third-order valence-corrected chi connectivity index (χ3v) is 2.62. The second-order valence-corrected chi connectivity index (χ2v) is 3.86. The fourth-order valence-corrected chi connectivity index (χ4v) is 1.64. The quantitative estimate of drug-likeness (QED) is 0.811. The summed E-state index contributed by atoms with van der Waals surface area (Å²) in [7, 11) is 3.16. The second-order valence-electron chi connectivity index (χ2n) is 3.86. The predicted octanol–water partition coefficient (Wildman–Crippen LogP) is 2.70. The lowest BCUT2D eigenvalue weighted by atomic mass is 10.0. The van der Waals surface area contributed by atoms with Gasteiger partial charge in [-0.3, -0.25) is 0 Å². The smallest absolute Gasteiger partial charge is 0.123 e. The Morgan fingerprint density at radius 2 is 1.78 bits per heavy atom. The summed E-state index contributed by atoms with van der Waals surface area (Å²) < 4.78 is 10.4. The summed E-state index contributed by atoms with van der Waals surface area (Å²) in [5.74, 6) is 1.31. The number of benzene rings is 1. The lowest BCUT2D eigenvalue weighted by Gasteiger charge is -2.10. The van der Waals surface area contributed by atoms with Crippen LogP contribution in [0.5, 0.6) is 11.5 Å². The Labute approximate surface area is 108 Å². The van der Waals surface area contributed by atoms with E-state index in [0.29, 0.717) is 29.2 Å². The van der Waals surface area contributed by atoms with Crippen molar-refractivity contribution in [2.24, 2.45) is 5.73 Å². The van der Waals surface area contributed by atoms with Crippen LogP contribution in [-0.2, 0) is 0 Å². The fourth-order valence-electron chi connectivity index (χ4n) is 1.64. The standard InChI is InChI=1S/C14H18N2O2/c1-4-5-10(9-15)14(16)11-6-12(17-2)8-13(7-11)18-3/h6-8H,4-5,16H2,1-3H3/b14-10-. The van der Waals surface area contributed by atoms with E-state index in [1.165, 1.54) is 0 Å². The van der Waals surface area contributed by atoms with Gasteiger partial charge in [-0.1, -0.05) is 13.3 Å². The molecule has 0 aliphatic heterocycles. The first kappa shape index (κ1) is 13.9. The van der Waals surface area contributed by atoms with Crippen LogP contribution in [0.15, 0.2) is 23.8 Å². The van der Waals surface area contributed by atoms with Crippen LogP contribution >= 0.6 is 0 Å². The van der Waals surface area contributed by atoms with Gasteiger partial charge in [0.15, 0.2) is 0 Å². The molecule has 0 spiro atoms. The van der Waals surface area contributed by atoms with Gasteiger partial charge in [0.25, 0.3) is 0 Å². The van der Waals surface area contributed by atoms with E-state index in [0.717, 1.165) is 12.0 Å². The molecule has 0 radical (unpaired) electrons. The SMILES string of the molecule is CCC/C(C#N)=C(/N)c1cc(OC)cc(OC)c1. The molecule has 0 aliphatic carbocycles. The normalized spacial score (nSPS) is 11.4. The highest BCUT2D eigenvalue weighted by Crippen LogP contribution is 2.27. The zero-order valence-electron chi connectivity index (χ0n) is 11.0. The summed E-state index contributed by atoms with van der Waals surface area (Å²) in [6.45, 7) is 2.01. The highest BCUT2D eigenvalue weighted by atomic mass is 16.5. The predicted molar refractivity (Wildman–Crippen MR) is 71.2 cm³/mol. The Morgan fingerprint density at radius 1 is 1.22 bits per heavy atom. The van der Waals surface area contributed by atoms with Crippen LogP contribution < -0.4 is 15.2 Å². The van der Waals surface area contributed by atoms with Crippen LogP contribution in [-0.4, -0.2) is 14.2 Å². The fraction of sp³-hybridized carbons (Fsp3) is 0.357. The van der Waals surface area contributed by atoms with Crippen LogP contribution in [0.4, 0.5) is 0 Å². The molecule has 4 heteroatoms. The molecule has 0 atom stereocenters. The van der Waals surface area contributed by atoms with Crippen molar-refractivity contribution in [2.75, 3.05) is 14.2 Å². The van der Waals surface area contributed by atoms with E-state index in [4.69, 9.17) is 20.5 Å². The highest BCUT2D eigenvalue weighted by molar-refractivity contribution is 5.71. The van der Waals surface area contributed by atoms with Gasteiger partial charge < -0.3 is 15.2 Å². The minimum atomic E-state index is 0.483. The van der Waals surface area contributed by atoms with Crippen molar-refractivity contribution in [2.45, 2.75) is 19.8 Å². The van der Waals surface area contributed by atoms with Crippen molar-refractivity contribution in [3.05, 3.63) is 29.3 Å². The van der Waals surface area contributed by atoms with E-state index < -0.39 is 0 Å². The molecule has 0 heterocycles.